The van der Waals surface area contributed by atoms with Crippen LogP contribution in [0.4, 0.5) is 0 Å². The molecule has 85 heavy (non-hydrogen) atoms. The molecule has 0 bridgehead atoms. The topological polar surface area (TPSA) is 168 Å². The van der Waals surface area contributed by atoms with Gasteiger partial charge in [-0.2, -0.15) is 0 Å². The maximum atomic E-state index is 13.2. The van der Waals surface area contributed by atoms with Gasteiger partial charge in [0.1, 0.15) is 24.3 Å². The second-order valence-electron chi connectivity index (χ2n) is 26.0. The van der Waals surface area contributed by atoms with Crippen LogP contribution < -0.4 is 9.47 Å². The first-order chi connectivity index (χ1) is 40.7. The van der Waals surface area contributed by atoms with E-state index in [0.717, 1.165) is 48.3 Å². The zero-order valence-electron chi connectivity index (χ0n) is 49.6. The Labute approximate surface area is 510 Å². The lowest BCUT2D eigenvalue weighted by molar-refractivity contribution is -0.121. The van der Waals surface area contributed by atoms with E-state index in [1.54, 1.807) is 109 Å². The number of fused-ring (bicyclic) bond motifs is 5. The number of ether oxygens (including phenoxy) is 2. The van der Waals surface area contributed by atoms with E-state index in [1.165, 1.54) is 82.8 Å². The van der Waals surface area contributed by atoms with Gasteiger partial charge >= 0.3 is 23.9 Å². The predicted molar refractivity (Wildman–Crippen MR) is 336 cm³/mol. The molecule has 6 aromatic carbocycles. The third kappa shape index (κ3) is 13.0. The van der Waals surface area contributed by atoms with E-state index in [4.69, 9.17) is 32.7 Å². The molecule has 4 aliphatic carbocycles. The van der Waals surface area contributed by atoms with Gasteiger partial charge in [-0.1, -0.05) is 168 Å². The first-order valence-electron chi connectivity index (χ1n) is 30.7. The summed E-state index contributed by atoms with van der Waals surface area (Å²) in [5, 5.41) is 41.2. The van der Waals surface area contributed by atoms with E-state index in [9.17, 15) is 39.6 Å². The molecule has 12 heteroatoms. The summed E-state index contributed by atoms with van der Waals surface area (Å²) in [6, 6.07) is 34.1. The maximum absolute atomic E-state index is 13.2. The highest BCUT2D eigenvalue weighted by Gasteiger charge is 2.60. The Bertz CT molecular complexity index is 3300. The number of aromatic carboxylic acids is 4. The van der Waals surface area contributed by atoms with Gasteiger partial charge < -0.3 is 29.9 Å². The highest BCUT2D eigenvalue weighted by Crippen LogP contribution is 2.69. The number of benzene rings is 6. The molecule has 4 aliphatic rings. The highest BCUT2D eigenvalue weighted by atomic mass is 35.5. The zero-order valence-corrected chi connectivity index (χ0v) is 51.1. The van der Waals surface area contributed by atoms with Gasteiger partial charge in [0.05, 0.1) is 21.2 Å². The number of carboxylic acid groups (broad SMARTS) is 4. The smallest absolute Gasteiger partial charge is 0.339 e. The molecule has 446 valence electrons. The van der Waals surface area contributed by atoms with Crippen molar-refractivity contribution in [2.75, 3.05) is 0 Å². The van der Waals surface area contributed by atoms with E-state index < -0.39 is 23.9 Å². The quantitative estimate of drug-likeness (QED) is 0.0514. The van der Waals surface area contributed by atoms with Crippen molar-refractivity contribution in [3.63, 3.8) is 0 Å². The number of allylic oxidation sites excluding steroid dienone is 1. The molecule has 9 atom stereocenters. The van der Waals surface area contributed by atoms with Crippen LogP contribution in [0.2, 0.25) is 10.0 Å². The Morgan fingerprint density at radius 3 is 1.58 bits per heavy atom. The van der Waals surface area contributed by atoms with Gasteiger partial charge in [-0.15, -0.1) is 0 Å². The van der Waals surface area contributed by atoms with Gasteiger partial charge in [-0.3, -0.25) is 0 Å². The summed E-state index contributed by atoms with van der Waals surface area (Å²) >= 11 is 14.1. The molecule has 0 aromatic heterocycles. The summed E-state index contributed by atoms with van der Waals surface area (Å²) in [4.78, 5) is 50.3. The van der Waals surface area contributed by atoms with Crippen LogP contribution in [-0.2, 0) is 13.2 Å². The summed E-state index contributed by atoms with van der Waals surface area (Å²) in [7, 11) is 0. The van der Waals surface area contributed by atoms with Crippen LogP contribution in [0.1, 0.15) is 188 Å². The Balaban J connectivity index is 0.896. The molecule has 0 amide bonds. The Morgan fingerprint density at radius 1 is 0.576 bits per heavy atom. The van der Waals surface area contributed by atoms with Gasteiger partial charge in [0, 0.05) is 0 Å². The molecular formula is C73H80Cl2O10. The lowest BCUT2D eigenvalue weighted by Gasteiger charge is -2.61. The van der Waals surface area contributed by atoms with Crippen LogP contribution in [0.15, 0.2) is 127 Å². The van der Waals surface area contributed by atoms with Crippen LogP contribution >= 0.6 is 23.2 Å². The number of hydrogen-bond donors (Lipinski definition) is 4. The summed E-state index contributed by atoms with van der Waals surface area (Å²) in [5.41, 5.74) is 6.14. The third-order valence-electron chi connectivity index (χ3n) is 20.7. The SMILES string of the molecule is CC(C)CCC[C@@H](C)[C@H]1CC[C@H]2[C@@H]3CCC4C[C@@H](CCC=C(c5cc(Cl)c(OCc6ccc(-c7ccccc7C(=O)O)cc6)c(C(=O)O)c5)c5cc(Cl)c(OCc6ccc(-c7ccccc7C(=O)O)cc6)c(C(=O)O)c5)CC[C@]4(C)[C@H]3CC[C@]12C. The van der Waals surface area contributed by atoms with E-state index in [1.807, 2.05) is 0 Å². The Morgan fingerprint density at radius 2 is 1.07 bits per heavy atom. The van der Waals surface area contributed by atoms with Crippen LogP contribution in [-0.4, -0.2) is 44.3 Å². The van der Waals surface area contributed by atoms with Crippen molar-refractivity contribution in [2.45, 2.75) is 138 Å². The molecule has 4 N–H and O–H groups in total. The number of rotatable bonds is 22. The largest absolute Gasteiger partial charge is 0.486 e. The zero-order chi connectivity index (χ0) is 60.3. The van der Waals surface area contributed by atoms with Crippen molar-refractivity contribution in [1.82, 2.24) is 0 Å². The third-order valence-corrected chi connectivity index (χ3v) is 21.2. The average Bonchev–Trinajstić information content (AvgIpc) is 2.53. The molecule has 0 aliphatic heterocycles. The molecule has 0 heterocycles. The predicted octanol–water partition coefficient (Wildman–Crippen LogP) is 19.2. The molecule has 0 saturated heterocycles. The standard InChI is InChI=1S/C73H80Cl2O10/c1-43(2)12-10-13-44(3)61-30-31-62-58-29-28-52-36-45(32-34-72(52,4)63(58)33-35-73(61,62)5)14-11-19-53(50-37-59(70(80)81)66(64(74)39-50)84-41-46-20-24-48(25-21-46)54-15-6-8-17-56(54)68(76)77)51-38-60(71(82)83)67(65(75)40-51)85-42-47-22-26-49(27-23-47)55-16-7-9-18-57(55)69(78)79/h6-9,15-27,37-40,43-45,52,58,61-63H,10-14,28-36,41-42H2,1-5H3,(H,76,77)(H,78,79)(H,80,81)(H,82,83)/t44-,45+,52?,58+,61-,62+,63+,72+,73-/m1/s1. The minimum atomic E-state index is -1.27. The number of carboxylic acids is 4. The fraction of sp³-hybridized carbons (Fsp3) is 0.425. The van der Waals surface area contributed by atoms with Gasteiger partial charge in [0.25, 0.3) is 0 Å². The van der Waals surface area contributed by atoms with Crippen molar-refractivity contribution in [1.29, 1.82) is 0 Å². The Hall–Kier alpha value is -6.88. The normalized spacial score (nSPS) is 23.7. The summed E-state index contributed by atoms with van der Waals surface area (Å²) in [5.74, 6) is 1.29. The maximum Gasteiger partial charge on any atom is 0.339 e. The highest BCUT2D eigenvalue weighted by molar-refractivity contribution is 6.33. The monoisotopic (exact) mass is 1190 g/mol. The van der Waals surface area contributed by atoms with Crippen LogP contribution in [0.3, 0.4) is 0 Å². The van der Waals surface area contributed by atoms with Crippen molar-refractivity contribution in [3.8, 4) is 33.8 Å². The van der Waals surface area contributed by atoms with E-state index in [0.29, 0.717) is 79.2 Å². The summed E-state index contributed by atoms with van der Waals surface area (Å²) in [6.07, 6.45) is 19.3. The number of carbonyl (C=O) groups is 4. The second-order valence-corrected chi connectivity index (χ2v) is 26.8. The van der Waals surface area contributed by atoms with E-state index in [-0.39, 0.29) is 57.0 Å². The summed E-state index contributed by atoms with van der Waals surface area (Å²) in [6.45, 7) is 12.5. The van der Waals surface area contributed by atoms with Gasteiger partial charge in [0.2, 0.25) is 0 Å². The Kier molecular flexibility index (Phi) is 18.7. The van der Waals surface area contributed by atoms with Crippen molar-refractivity contribution in [2.24, 2.45) is 58.2 Å². The molecular weight excluding hydrogens is 1110 g/mol. The summed E-state index contributed by atoms with van der Waals surface area (Å²) < 4.78 is 12.4. The van der Waals surface area contributed by atoms with Crippen molar-refractivity contribution in [3.05, 3.63) is 182 Å². The molecule has 10 nitrogen and oxygen atoms in total. The molecule has 4 fully saturated rings. The molecule has 0 spiro atoms. The number of hydrogen-bond acceptors (Lipinski definition) is 6. The molecule has 10 rings (SSSR count). The van der Waals surface area contributed by atoms with Crippen molar-refractivity contribution >= 4 is 52.7 Å². The fourth-order valence-electron chi connectivity index (χ4n) is 16.3. The van der Waals surface area contributed by atoms with Crippen LogP contribution in [0, 0.1) is 58.2 Å². The second kappa shape index (κ2) is 26.0. The van der Waals surface area contributed by atoms with E-state index >= 15 is 0 Å². The number of halogens is 2. The average molecular weight is 1190 g/mol. The van der Waals surface area contributed by atoms with Gasteiger partial charge in [-0.05, 0) is 215 Å². The first kappa shape index (κ1) is 61.2. The first-order valence-corrected chi connectivity index (χ1v) is 31.4. The lowest BCUT2D eigenvalue weighted by atomic mass is 9.44. The van der Waals surface area contributed by atoms with E-state index in [2.05, 4.69) is 40.7 Å². The minimum Gasteiger partial charge on any atom is -0.486 e. The molecule has 0 radical (unpaired) electrons. The molecule has 1 unspecified atom stereocenters. The van der Waals surface area contributed by atoms with Gasteiger partial charge in [-0.25, -0.2) is 19.2 Å². The van der Waals surface area contributed by atoms with Crippen molar-refractivity contribution < 1.29 is 49.1 Å². The van der Waals surface area contributed by atoms with Gasteiger partial charge in [0.15, 0.2) is 11.5 Å². The minimum absolute atomic E-state index is 0.0355. The molecule has 4 saturated carbocycles. The van der Waals surface area contributed by atoms with Crippen LogP contribution in [0.5, 0.6) is 11.5 Å². The molecule has 6 aromatic rings. The fourth-order valence-corrected chi connectivity index (χ4v) is 16.9. The lowest BCUT2D eigenvalue weighted by Crippen LogP contribution is -2.53. The van der Waals surface area contributed by atoms with Crippen LogP contribution in [0.25, 0.3) is 27.8 Å².